The summed E-state index contributed by atoms with van der Waals surface area (Å²) in [4.78, 5) is 15.3. The average Bonchev–Trinajstić information content (AvgIpc) is 2.97. The molecule has 0 spiro atoms. The molecule has 2 N–H and O–H groups in total. The Bertz CT molecular complexity index is 653. The minimum absolute atomic E-state index is 0. The van der Waals surface area contributed by atoms with Crippen molar-refractivity contribution in [1.29, 1.82) is 0 Å². The molecular weight excluding hydrogens is 409 g/mol. The summed E-state index contributed by atoms with van der Waals surface area (Å²) in [6.45, 7) is 7.69. The van der Waals surface area contributed by atoms with Crippen LogP contribution in [0.1, 0.15) is 69.7 Å². The molecule has 1 aromatic rings. The Morgan fingerprint density at radius 3 is 2.62 bits per heavy atom. The van der Waals surface area contributed by atoms with Gasteiger partial charge in [-0.1, -0.05) is 26.2 Å². The Labute approximate surface area is 187 Å². The van der Waals surface area contributed by atoms with Crippen molar-refractivity contribution in [2.45, 2.75) is 84.0 Å². The summed E-state index contributed by atoms with van der Waals surface area (Å²) >= 11 is 0. The molecule has 166 valence electrons. The van der Waals surface area contributed by atoms with Gasteiger partial charge in [-0.05, 0) is 51.3 Å². The Kier molecular flexibility index (Phi) is 9.26. The van der Waals surface area contributed by atoms with Crippen LogP contribution in [0.5, 0.6) is 0 Å². The van der Waals surface area contributed by atoms with Crippen molar-refractivity contribution < 1.29 is 4.79 Å². The zero-order valence-electron chi connectivity index (χ0n) is 17.6. The molecule has 0 unspecified atom stereocenters. The number of carbonyl (C=O) groups excluding carboxylic acids is 1. The van der Waals surface area contributed by atoms with Gasteiger partial charge in [0.25, 0.3) is 0 Å². The van der Waals surface area contributed by atoms with E-state index in [1.807, 2.05) is 0 Å². The fraction of sp³-hybridized carbons (Fsp3) is 0.810. The number of amides is 1. The van der Waals surface area contributed by atoms with Crippen LogP contribution in [0.2, 0.25) is 0 Å². The van der Waals surface area contributed by atoms with E-state index in [9.17, 15) is 4.79 Å². The molecule has 29 heavy (non-hydrogen) atoms. The molecule has 1 saturated heterocycles. The van der Waals surface area contributed by atoms with Crippen LogP contribution in [0.3, 0.4) is 0 Å². The number of piperidine rings is 1. The van der Waals surface area contributed by atoms with Crippen LogP contribution in [-0.2, 0) is 24.4 Å². The largest absolute Gasteiger partial charge is 0.350 e. The smallest absolute Gasteiger partial charge is 0.226 e. The molecule has 3 aliphatic rings. The van der Waals surface area contributed by atoms with E-state index in [0.29, 0.717) is 6.54 Å². The predicted molar refractivity (Wildman–Crippen MR) is 121 cm³/mol. The molecule has 0 radical (unpaired) electrons. The normalized spacial score (nSPS) is 22.5. The predicted octanol–water partition coefficient (Wildman–Crippen LogP) is 3.27. The van der Waals surface area contributed by atoms with E-state index in [1.165, 1.54) is 50.8 Å². The summed E-state index contributed by atoms with van der Waals surface area (Å²) in [6.07, 6.45) is 9.86. The van der Waals surface area contributed by atoms with Gasteiger partial charge in [0, 0.05) is 31.1 Å². The standard InChI is InChI=1S/C21H35N5O.2ClH/c1-21(8-10-22-11-9-21)20(27)23-15-17-14-19-16-25(12-5-13-26(19)24-17)18-6-3-2-4-7-18;;/h14,18,22H,2-13,15-16H2,1H3,(H,23,27);2*1H. The maximum atomic E-state index is 12.7. The van der Waals surface area contributed by atoms with Crippen LogP contribution >= 0.6 is 24.8 Å². The third-order valence-electron chi connectivity index (χ3n) is 6.87. The Morgan fingerprint density at radius 1 is 1.17 bits per heavy atom. The van der Waals surface area contributed by atoms with Gasteiger partial charge in [0.15, 0.2) is 0 Å². The second-order valence-electron chi connectivity index (χ2n) is 8.96. The first kappa shape index (κ1) is 24.4. The summed E-state index contributed by atoms with van der Waals surface area (Å²) in [5.41, 5.74) is 2.08. The summed E-state index contributed by atoms with van der Waals surface area (Å²) in [7, 11) is 0. The van der Waals surface area contributed by atoms with Crippen LogP contribution in [0.15, 0.2) is 6.07 Å². The minimum atomic E-state index is -0.236. The van der Waals surface area contributed by atoms with E-state index in [-0.39, 0.29) is 36.1 Å². The van der Waals surface area contributed by atoms with Crippen molar-refractivity contribution in [2.24, 2.45) is 5.41 Å². The maximum Gasteiger partial charge on any atom is 0.226 e. The molecule has 2 aliphatic heterocycles. The zero-order valence-corrected chi connectivity index (χ0v) is 19.3. The molecule has 1 amide bonds. The van der Waals surface area contributed by atoms with E-state index >= 15 is 0 Å². The maximum absolute atomic E-state index is 12.7. The number of hydrogen-bond donors (Lipinski definition) is 2. The number of aryl methyl sites for hydroxylation is 1. The van der Waals surface area contributed by atoms with E-state index in [1.54, 1.807) is 0 Å². The van der Waals surface area contributed by atoms with E-state index < -0.39 is 0 Å². The monoisotopic (exact) mass is 445 g/mol. The summed E-state index contributed by atoms with van der Waals surface area (Å²) in [5, 5.41) is 11.3. The molecule has 1 saturated carbocycles. The lowest BCUT2D eigenvalue weighted by atomic mass is 9.80. The van der Waals surface area contributed by atoms with Gasteiger partial charge in [-0.15, -0.1) is 24.8 Å². The molecule has 2 fully saturated rings. The SMILES string of the molecule is CC1(C(=O)NCc2cc3n(n2)CCCN(C2CCCCC2)C3)CCNCC1.Cl.Cl. The molecule has 4 rings (SSSR count). The molecule has 0 atom stereocenters. The van der Waals surface area contributed by atoms with Crippen molar-refractivity contribution in [3.05, 3.63) is 17.5 Å². The Hall–Kier alpha value is -0.820. The van der Waals surface area contributed by atoms with Crippen LogP contribution in [-0.4, -0.2) is 46.3 Å². The van der Waals surface area contributed by atoms with E-state index in [4.69, 9.17) is 5.10 Å². The van der Waals surface area contributed by atoms with E-state index in [0.717, 1.165) is 50.8 Å². The van der Waals surface area contributed by atoms with E-state index in [2.05, 4.69) is 33.2 Å². The lowest BCUT2D eigenvalue weighted by Gasteiger charge is -2.33. The van der Waals surface area contributed by atoms with Gasteiger partial charge >= 0.3 is 0 Å². The highest BCUT2D eigenvalue weighted by atomic mass is 35.5. The lowest BCUT2D eigenvalue weighted by molar-refractivity contribution is -0.131. The van der Waals surface area contributed by atoms with Crippen molar-refractivity contribution in [2.75, 3.05) is 19.6 Å². The van der Waals surface area contributed by atoms with Crippen molar-refractivity contribution in [3.63, 3.8) is 0 Å². The van der Waals surface area contributed by atoms with Gasteiger partial charge in [-0.3, -0.25) is 14.4 Å². The minimum Gasteiger partial charge on any atom is -0.350 e. The fourth-order valence-corrected chi connectivity index (χ4v) is 4.98. The summed E-state index contributed by atoms with van der Waals surface area (Å²) < 4.78 is 2.18. The number of rotatable bonds is 4. The molecule has 1 aromatic heterocycles. The van der Waals surface area contributed by atoms with Gasteiger partial charge in [0.2, 0.25) is 5.91 Å². The van der Waals surface area contributed by atoms with Gasteiger partial charge in [-0.25, -0.2) is 0 Å². The first-order valence-electron chi connectivity index (χ1n) is 10.9. The highest BCUT2D eigenvalue weighted by molar-refractivity contribution is 5.85. The zero-order chi connectivity index (χ0) is 18.7. The average molecular weight is 446 g/mol. The quantitative estimate of drug-likeness (QED) is 0.746. The number of halogens is 2. The molecule has 0 aromatic carbocycles. The first-order chi connectivity index (χ1) is 13.1. The summed E-state index contributed by atoms with van der Waals surface area (Å²) in [5.74, 6) is 0.177. The molecule has 0 bridgehead atoms. The number of aromatic nitrogens is 2. The highest BCUT2D eigenvalue weighted by Gasteiger charge is 2.34. The first-order valence-corrected chi connectivity index (χ1v) is 10.9. The third-order valence-corrected chi connectivity index (χ3v) is 6.87. The van der Waals surface area contributed by atoms with Crippen molar-refractivity contribution >= 4 is 30.7 Å². The second kappa shape index (κ2) is 11.0. The number of hydrogen-bond acceptors (Lipinski definition) is 4. The lowest BCUT2D eigenvalue weighted by Crippen LogP contribution is -2.45. The highest BCUT2D eigenvalue weighted by Crippen LogP contribution is 2.28. The van der Waals surface area contributed by atoms with Gasteiger partial charge < -0.3 is 10.6 Å². The Balaban J connectivity index is 0.00000150. The number of nitrogens with zero attached hydrogens (tertiary/aromatic N) is 3. The van der Waals surface area contributed by atoms with Gasteiger partial charge in [-0.2, -0.15) is 5.10 Å². The fourth-order valence-electron chi connectivity index (χ4n) is 4.98. The summed E-state index contributed by atoms with van der Waals surface area (Å²) in [6, 6.07) is 2.97. The molecule has 6 nitrogen and oxygen atoms in total. The topological polar surface area (TPSA) is 62.2 Å². The van der Waals surface area contributed by atoms with Crippen LogP contribution < -0.4 is 10.6 Å². The van der Waals surface area contributed by atoms with Crippen molar-refractivity contribution in [1.82, 2.24) is 25.3 Å². The Morgan fingerprint density at radius 2 is 1.90 bits per heavy atom. The van der Waals surface area contributed by atoms with Crippen LogP contribution in [0, 0.1) is 5.41 Å². The molecule has 1 aliphatic carbocycles. The van der Waals surface area contributed by atoms with Gasteiger partial charge in [0.05, 0.1) is 17.9 Å². The van der Waals surface area contributed by atoms with Crippen LogP contribution in [0.25, 0.3) is 0 Å². The number of fused-ring (bicyclic) bond motifs is 1. The van der Waals surface area contributed by atoms with Gasteiger partial charge in [0.1, 0.15) is 0 Å². The second-order valence-corrected chi connectivity index (χ2v) is 8.96. The number of nitrogens with one attached hydrogen (secondary N) is 2. The number of carbonyl (C=O) groups is 1. The molecular formula is C21H37Cl2N5O. The molecule has 3 heterocycles. The molecule has 8 heteroatoms. The van der Waals surface area contributed by atoms with Crippen LogP contribution in [0.4, 0.5) is 0 Å². The third kappa shape index (κ3) is 5.87. The van der Waals surface area contributed by atoms with Crippen molar-refractivity contribution in [3.8, 4) is 0 Å².